The van der Waals surface area contributed by atoms with Gasteiger partial charge in [0.05, 0.1) is 11.5 Å². The Labute approximate surface area is 154 Å². The first-order chi connectivity index (χ1) is 11.8. The lowest BCUT2D eigenvalue weighted by Crippen LogP contribution is -2.34. The fourth-order valence-corrected chi connectivity index (χ4v) is 2.80. The van der Waals surface area contributed by atoms with Gasteiger partial charge in [-0.3, -0.25) is 9.59 Å². The zero-order valence-corrected chi connectivity index (χ0v) is 15.9. The zero-order chi connectivity index (χ0) is 18.6. The Kier molecular flexibility index (Phi) is 6.36. The van der Waals surface area contributed by atoms with Crippen LogP contribution in [0.15, 0.2) is 40.0 Å². The maximum atomic E-state index is 12.5. The summed E-state index contributed by atoms with van der Waals surface area (Å²) in [6, 6.07) is 7.41. The number of rotatable bonds is 5. The number of nitrogens with one attached hydrogen (secondary N) is 1. The van der Waals surface area contributed by atoms with Gasteiger partial charge in [0.15, 0.2) is 0 Å². The van der Waals surface area contributed by atoms with Crippen LogP contribution in [-0.2, 0) is 23.9 Å². The van der Waals surface area contributed by atoms with E-state index in [1.54, 1.807) is 20.8 Å². The van der Waals surface area contributed by atoms with E-state index in [-0.39, 0.29) is 18.2 Å². The standard InChI is InChI=1S/C18H20BrNO5/c1-10(2)17(22)24-9-25-18(23)16-11(3)20-15(21)8-14(16)12-4-6-13(19)7-5-12/h4-7,10,14H,8-9H2,1-3H3,(H,20,21)/t14-/m0/s1. The number of halogens is 1. The van der Waals surface area contributed by atoms with E-state index in [0.29, 0.717) is 11.3 Å². The number of amides is 1. The highest BCUT2D eigenvalue weighted by atomic mass is 79.9. The number of ether oxygens (including phenoxy) is 2. The van der Waals surface area contributed by atoms with E-state index in [2.05, 4.69) is 21.2 Å². The number of esters is 2. The van der Waals surface area contributed by atoms with Crippen molar-refractivity contribution in [2.75, 3.05) is 6.79 Å². The Balaban J connectivity index is 2.17. The summed E-state index contributed by atoms with van der Waals surface area (Å²) in [5.74, 6) is -1.92. The number of hydrogen-bond acceptors (Lipinski definition) is 5. The normalized spacial score (nSPS) is 17.3. The Morgan fingerprint density at radius 1 is 1.24 bits per heavy atom. The summed E-state index contributed by atoms with van der Waals surface area (Å²) in [6.07, 6.45) is 0.148. The van der Waals surface area contributed by atoms with Crippen molar-refractivity contribution in [2.24, 2.45) is 5.92 Å². The van der Waals surface area contributed by atoms with Gasteiger partial charge in [0.1, 0.15) is 0 Å². The van der Waals surface area contributed by atoms with Gasteiger partial charge in [-0.1, -0.05) is 41.9 Å². The van der Waals surface area contributed by atoms with E-state index < -0.39 is 24.6 Å². The van der Waals surface area contributed by atoms with Gasteiger partial charge in [-0.15, -0.1) is 0 Å². The number of carbonyl (C=O) groups is 3. The molecule has 0 aromatic heterocycles. The average molecular weight is 410 g/mol. The first kappa shape index (κ1) is 19.2. The Bertz CT molecular complexity index is 709. The molecule has 0 aliphatic carbocycles. The molecule has 134 valence electrons. The molecule has 1 atom stereocenters. The van der Waals surface area contributed by atoms with Crippen LogP contribution in [0.2, 0.25) is 0 Å². The Hall–Kier alpha value is -2.15. The van der Waals surface area contributed by atoms with Gasteiger partial charge in [-0.25, -0.2) is 4.79 Å². The van der Waals surface area contributed by atoms with Gasteiger partial charge in [0, 0.05) is 22.5 Å². The van der Waals surface area contributed by atoms with Gasteiger partial charge in [-0.2, -0.15) is 0 Å². The zero-order valence-electron chi connectivity index (χ0n) is 14.3. The molecule has 1 N–H and O–H groups in total. The first-order valence-corrected chi connectivity index (χ1v) is 8.68. The molecule has 25 heavy (non-hydrogen) atoms. The molecule has 0 fully saturated rings. The van der Waals surface area contributed by atoms with Crippen molar-refractivity contribution < 1.29 is 23.9 Å². The molecule has 0 saturated carbocycles. The third kappa shape index (κ3) is 4.92. The van der Waals surface area contributed by atoms with Crippen molar-refractivity contribution in [1.82, 2.24) is 5.32 Å². The lowest BCUT2D eigenvalue weighted by molar-refractivity contribution is -0.167. The lowest BCUT2D eigenvalue weighted by atomic mass is 9.84. The quantitative estimate of drug-likeness (QED) is 0.596. The predicted molar refractivity (Wildman–Crippen MR) is 94.2 cm³/mol. The van der Waals surface area contributed by atoms with Crippen LogP contribution in [0.25, 0.3) is 0 Å². The highest BCUT2D eigenvalue weighted by molar-refractivity contribution is 9.10. The summed E-state index contributed by atoms with van der Waals surface area (Å²) in [6.45, 7) is 4.58. The molecule has 0 bridgehead atoms. The number of benzene rings is 1. The smallest absolute Gasteiger partial charge is 0.339 e. The molecule has 7 heteroatoms. The predicted octanol–water partition coefficient (Wildman–Crippen LogP) is 3.03. The summed E-state index contributed by atoms with van der Waals surface area (Å²) in [5.41, 5.74) is 1.65. The van der Waals surface area contributed by atoms with Crippen LogP contribution >= 0.6 is 15.9 Å². The molecule has 1 aliphatic heterocycles. The van der Waals surface area contributed by atoms with Gasteiger partial charge in [0.2, 0.25) is 12.7 Å². The van der Waals surface area contributed by atoms with Crippen LogP contribution in [0.4, 0.5) is 0 Å². The second-order valence-corrected chi connectivity index (χ2v) is 6.98. The molecular formula is C18H20BrNO5. The maximum absolute atomic E-state index is 12.5. The molecule has 0 saturated heterocycles. The molecule has 1 amide bonds. The van der Waals surface area contributed by atoms with Gasteiger partial charge >= 0.3 is 11.9 Å². The van der Waals surface area contributed by atoms with E-state index in [9.17, 15) is 14.4 Å². The summed E-state index contributed by atoms with van der Waals surface area (Å²) in [7, 11) is 0. The number of allylic oxidation sites excluding steroid dienone is 1. The average Bonchev–Trinajstić information content (AvgIpc) is 2.54. The van der Waals surface area contributed by atoms with Crippen LogP contribution in [-0.4, -0.2) is 24.6 Å². The van der Waals surface area contributed by atoms with E-state index >= 15 is 0 Å². The van der Waals surface area contributed by atoms with Crippen LogP contribution < -0.4 is 5.32 Å². The van der Waals surface area contributed by atoms with E-state index in [4.69, 9.17) is 9.47 Å². The molecule has 6 nitrogen and oxygen atoms in total. The molecule has 0 spiro atoms. The van der Waals surface area contributed by atoms with E-state index in [1.165, 1.54) is 0 Å². The molecular weight excluding hydrogens is 390 g/mol. The van der Waals surface area contributed by atoms with E-state index in [1.807, 2.05) is 24.3 Å². The molecule has 1 aromatic carbocycles. The summed E-state index contributed by atoms with van der Waals surface area (Å²) in [5, 5.41) is 2.66. The van der Waals surface area contributed by atoms with Gasteiger partial charge in [0.25, 0.3) is 0 Å². The highest BCUT2D eigenvalue weighted by Crippen LogP contribution is 2.34. The molecule has 0 radical (unpaired) electrons. The summed E-state index contributed by atoms with van der Waals surface area (Å²) < 4.78 is 10.9. The number of hydrogen-bond donors (Lipinski definition) is 1. The maximum Gasteiger partial charge on any atom is 0.339 e. The SMILES string of the molecule is CC1=C(C(=O)OCOC(=O)C(C)C)[C@H](c2ccc(Br)cc2)CC(=O)N1. The van der Waals surface area contributed by atoms with Crippen LogP contribution in [0, 0.1) is 5.92 Å². The summed E-state index contributed by atoms with van der Waals surface area (Å²) in [4.78, 5) is 35.8. The second-order valence-electron chi connectivity index (χ2n) is 6.06. The second kappa shape index (κ2) is 8.29. The number of carbonyl (C=O) groups excluding carboxylic acids is 3. The third-order valence-electron chi connectivity index (χ3n) is 3.82. The van der Waals surface area contributed by atoms with Crippen molar-refractivity contribution in [3.63, 3.8) is 0 Å². The van der Waals surface area contributed by atoms with Crippen molar-refractivity contribution in [3.05, 3.63) is 45.6 Å². The minimum atomic E-state index is -0.609. The van der Waals surface area contributed by atoms with Crippen LogP contribution in [0.5, 0.6) is 0 Å². The highest BCUT2D eigenvalue weighted by Gasteiger charge is 2.32. The molecule has 0 unspecified atom stereocenters. The Morgan fingerprint density at radius 2 is 1.88 bits per heavy atom. The summed E-state index contributed by atoms with van der Waals surface area (Å²) >= 11 is 3.37. The van der Waals surface area contributed by atoms with Gasteiger partial charge < -0.3 is 14.8 Å². The monoisotopic (exact) mass is 409 g/mol. The van der Waals surface area contributed by atoms with Crippen LogP contribution in [0.3, 0.4) is 0 Å². The van der Waals surface area contributed by atoms with Crippen molar-refractivity contribution >= 4 is 33.8 Å². The van der Waals surface area contributed by atoms with Gasteiger partial charge in [-0.05, 0) is 24.6 Å². The van der Waals surface area contributed by atoms with Crippen molar-refractivity contribution in [3.8, 4) is 0 Å². The largest absolute Gasteiger partial charge is 0.428 e. The molecule has 2 rings (SSSR count). The Morgan fingerprint density at radius 3 is 2.48 bits per heavy atom. The molecule has 1 heterocycles. The fraction of sp³-hybridized carbons (Fsp3) is 0.389. The van der Waals surface area contributed by atoms with Crippen LogP contribution in [0.1, 0.15) is 38.7 Å². The minimum absolute atomic E-state index is 0.148. The fourth-order valence-electron chi connectivity index (χ4n) is 2.54. The minimum Gasteiger partial charge on any atom is -0.428 e. The van der Waals surface area contributed by atoms with Crippen molar-refractivity contribution in [2.45, 2.75) is 33.1 Å². The molecule has 1 aromatic rings. The van der Waals surface area contributed by atoms with Crippen molar-refractivity contribution in [1.29, 1.82) is 0 Å². The van der Waals surface area contributed by atoms with E-state index in [0.717, 1.165) is 10.0 Å². The topological polar surface area (TPSA) is 81.7 Å². The first-order valence-electron chi connectivity index (χ1n) is 7.89. The lowest BCUT2D eigenvalue weighted by Gasteiger charge is -2.26. The molecule has 1 aliphatic rings. The third-order valence-corrected chi connectivity index (χ3v) is 4.35.